The van der Waals surface area contributed by atoms with Crippen molar-refractivity contribution in [1.82, 2.24) is 19.5 Å². The Balaban J connectivity index is 1.89. The predicted molar refractivity (Wildman–Crippen MR) is 97.8 cm³/mol. The van der Waals surface area contributed by atoms with Crippen LogP contribution in [0, 0.1) is 0 Å². The number of nitrogens with one attached hydrogen (secondary N) is 1. The Kier molecular flexibility index (Phi) is 3.80. The minimum absolute atomic E-state index is 0.0424. The fourth-order valence-corrected chi connectivity index (χ4v) is 4.32. The predicted octanol–water partition coefficient (Wildman–Crippen LogP) is 3.50. The van der Waals surface area contributed by atoms with E-state index in [9.17, 15) is 4.79 Å². The zero-order valence-electron chi connectivity index (χ0n) is 13.6. The van der Waals surface area contributed by atoms with Crippen LogP contribution in [0.2, 0.25) is 0 Å². The van der Waals surface area contributed by atoms with Crippen molar-refractivity contribution in [2.45, 2.75) is 38.6 Å². The maximum atomic E-state index is 12.9. The van der Waals surface area contributed by atoms with Crippen LogP contribution >= 0.6 is 11.3 Å². The molecule has 1 aliphatic carbocycles. The Hall–Kier alpha value is -2.28. The van der Waals surface area contributed by atoms with E-state index < -0.39 is 0 Å². The van der Waals surface area contributed by atoms with Crippen LogP contribution in [0.3, 0.4) is 0 Å². The number of hydrogen-bond donors (Lipinski definition) is 1. The van der Waals surface area contributed by atoms with E-state index >= 15 is 0 Å². The second-order valence-corrected chi connectivity index (χ2v) is 7.39. The van der Waals surface area contributed by atoms with Crippen LogP contribution in [0.1, 0.15) is 38.6 Å². The lowest BCUT2D eigenvalue weighted by Gasteiger charge is -2.12. The van der Waals surface area contributed by atoms with Crippen molar-refractivity contribution in [3.05, 3.63) is 35.2 Å². The first kappa shape index (κ1) is 15.3. The van der Waals surface area contributed by atoms with E-state index in [-0.39, 0.29) is 11.6 Å². The molecule has 7 heteroatoms. The summed E-state index contributed by atoms with van der Waals surface area (Å²) >= 11 is 1.40. The van der Waals surface area contributed by atoms with Gasteiger partial charge in [-0.25, -0.2) is 15.0 Å². The summed E-state index contributed by atoms with van der Waals surface area (Å²) in [6.45, 7) is 6.48. The van der Waals surface area contributed by atoms with Crippen LogP contribution in [-0.4, -0.2) is 26.1 Å². The van der Waals surface area contributed by atoms with E-state index in [0.29, 0.717) is 22.6 Å². The molecule has 1 saturated carbocycles. The number of nitrogens with zero attached hydrogens (tertiary/aromatic N) is 4. The summed E-state index contributed by atoms with van der Waals surface area (Å²) in [6, 6.07) is 0.284. The molecule has 6 nitrogen and oxygen atoms in total. The molecule has 3 aromatic rings. The van der Waals surface area contributed by atoms with E-state index in [2.05, 4.69) is 26.8 Å². The van der Waals surface area contributed by atoms with Gasteiger partial charge in [-0.2, -0.15) is 0 Å². The zero-order valence-corrected chi connectivity index (χ0v) is 14.4. The van der Waals surface area contributed by atoms with Crippen LogP contribution in [-0.2, 0) is 0 Å². The van der Waals surface area contributed by atoms with Crippen molar-refractivity contribution in [2.75, 3.05) is 11.9 Å². The fraction of sp³-hybridized carbons (Fsp3) is 0.412. The minimum atomic E-state index is 0.0424. The first-order valence-electron chi connectivity index (χ1n) is 8.17. The van der Waals surface area contributed by atoms with Gasteiger partial charge in [-0.15, -0.1) is 11.3 Å². The molecular formula is C17H19N5OS. The summed E-state index contributed by atoms with van der Waals surface area (Å²) in [5.41, 5.74) is 1.75. The van der Waals surface area contributed by atoms with Gasteiger partial charge in [0.2, 0.25) is 0 Å². The standard InChI is InChI=1S/C17H19N5OS/c1-10(2)7-18-15-12-13-14(24-16(12)20-8-19-15)17(23)22(9-21-13)11-5-3-4-6-11/h8-9,11H,1,3-7H2,2H3,(H,18,19,20). The molecule has 0 saturated heterocycles. The molecule has 124 valence electrons. The quantitative estimate of drug-likeness (QED) is 0.735. The van der Waals surface area contributed by atoms with Gasteiger partial charge in [0, 0.05) is 12.6 Å². The topological polar surface area (TPSA) is 72.7 Å². The van der Waals surface area contributed by atoms with Gasteiger partial charge in [-0.05, 0) is 19.8 Å². The summed E-state index contributed by atoms with van der Waals surface area (Å²) in [5.74, 6) is 0.708. The summed E-state index contributed by atoms with van der Waals surface area (Å²) in [5, 5.41) is 4.09. The summed E-state index contributed by atoms with van der Waals surface area (Å²) in [4.78, 5) is 27.0. The number of thiophene rings is 1. The molecule has 0 radical (unpaired) electrons. The van der Waals surface area contributed by atoms with Crippen molar-refractivity contribution in [1.29, 1.82) is 0 Å². The molecule has 0 aromatic carbocycles. The second kappa shape index (κ2) is 5.98. The molecule has 1 fully saturated rings. The molecule has 1 aliphatic rings. The molecule has 3 aromatic heterocycles. The van der Waals surface area contributed by atoms with Crippen LogP contribution in [0.4, 0.5) is 5.82 Å². The van der Waals surface area contributed by atoms with E-state index in [4.69, 9.17) is 0 Å². The second-order valence-electron chi connectivity index (χ2n) is 6.39. The largest absolute Gasteiger partial charge is 0.366 e. The third-order valence-corrected chi connectivity index (χ3v) is 5.55. The monoisotopic (exact) mass is 341 g/mol. The smallest absolute Gasteiger partial charge is 0.271 e. The van der Waals surface area contributed by atoms with E-state index in [1.165, 1.54) is 30.5 Å². The molecule has 0 atom stereocenters. The van der Waals surface area contributed by atoms with Crippen LogP contribution in [0.15, 0.2) is 29.6 Å². The highest BCUT2D eigenvalue weighted by Crippen LogP contribution is 2.34. The molecule has 0 unspecified atom stereocenters. The van der Waals surface area contributed by atoms with Gasteiger partial charge >= 0.3 is 0 Å². The Morgan fingerprint density at radius 2 is 2.17 bits per heavy atom. The van der Waals surface area contributed by atoms with Gasteiger partial charge in [-0.3, -0.25) is 9.36 Å². The Morgan fingerprint density at radius 1 is 1.38 bits per heavy atom. The van der Waals surface area contributed by atoms with E-state index in [1.54, 1.807) is 10.9 Å². The summed E-state index contributed by atoms with van der Waals surface area (Å²) < 4.78 is 2.47. The molecule has 3 heterocycles. The lowest BCUT2D eigenvalue weighted by atomic mass is 10.2. The average molecular weight is 341 g/mol. The number of fused-ring (bicyclic) bond motifs is 3. The highest BCUT2D eigenvalue weighted by molar-refractivity contribution is 7.25. The van der Waals surface area contributed by atoms with Gasteiger partial charge in [-0.1, -0.05) is 25.0 Å². The van der Waals surface area contributed by atoms with Crippen LogP contribution in [0.25, 0.3) is 20.4 Å². The molecule has 0 spiro atoms. The Morgan fingerprint density at radius 3 is 2.92 bits per heavy atom. The normalized spacial score (nSPS) is 15.4. The first-order valence-corrected chi connectivity index (χ1v) is 8.99. The number of aromatic nitrogens is 4. The fourth-order valence-electron chi connectivity index (χ4n) is 3.29. The van der Waals surface area contributed by atoms with Gasteiger partial charge in [0.1, 0.15) is 27.2 Å². The minimum Gasteiger partial charge on any atom is -0.366 e. The van der Waals surface area contributed by atoms with Crippen molar-refractivity contribution >= 4 is 37.6 Å². The molecule has 0 bridgehead atoms. The van der Waals surface area contributed by atoms with Gasteiger partial charge in [0.25, 0.3) is 5.56 Å². The first-order chi connectivity index (χ1) is 11.6. The highest BCUT2D eigenvalue weighted by Gasteiger charge is 2.21. The van der Waals surface area contributed by atoms with Gasteiger partial charge < -0.3 is 5.32 Å². The van der Waals surface area contributed by atoms with Crippen molar-refractivity contribution in [3.63, 3.8) is 0 Å². The number of anilines is 1. The van der Waals surface area contributed by atoms with Crippen molar-refractivity contribution in [2.24, 2.45) is 0 Å². The van der Waals surface area contributed by atoms with E-state index in [1.807, 2.05) is 6.92 Å². The Labute approximate surface area is 143 Å². The van der Waals surface area contributed by atoms with Crippen LogP contribution < -0.4 is 10.9 Å². The summed E-state index contributed by atoms with van der Waals surface area (Å²) in [6.07, 6.45) is 7.70. The van der Waals surface area contributed by atoms with E-state index in [0.717, 1.165) is 28.6 Å². The molecule has 0 amide bonds. The highest BCUT2D eigenvalue weighted by atomic mass is 32.1. The summed E-state index contributed by atoms with van der Waals surface area (Å²) in [7, 11) is 0. The molecule has 0 aliphatic heterocycles. The number of hydrogen-bond acceptors (Lipinski definition) is 6. The van der Waals surface area contributed by atoms with Crippen molar-refractivity contribution < 1.29 is 0 Å². The third-order valence-electron chi connectivity index (χ3n) is 4.48. The lowest BCUT2D eigenvalue weighted by molar-refractivity contribution is 0.499. The average Bonchev–Trinajstić information content (AvgIpc) is 3.21. The van der Waals surface area contributed by atoms with Crippen molar-refractivity contribution in [3.8, 4) is 0 Å². The molecule has 24 heavy (non-hydrogen) atoms. The SMILES string of the molecule is C=C(C)CNc1ncnc2sc3c(=O)n(C4CCCC4)cnc3c12. The Bertz CT molecular complexity index is 984. The zero-order chi connectivity index (χ0) is 16.7. The number of rotatable bonds is 4. The van der Waals surface area contributed by atoms with Gasteiger partial charge in [0.05, 0.1) is 11.7 Å². The maximum Gasteiger partial charge on any atom is 0.271 e. The third kappa shape index (κ3) is 2.49. The van der Waals surface area contributed by atoms with Crippen LogP contribution in [0.5, 0.6) is 0 Å². The molecule has 4 rings (SSSR count). The molecular weight excluding hydrogens is 322 g/mol. The maximum absolute atomic E-state index is 12.9. The lowest BCUT2D eigenvalue weighted by Crippen LogP contribution is -2.22. The van der Waals surface area contributed by atoms with Gasteiger partial charge in [0.15, 0.2) is 0 Å². The molecule has 1 N–H and O–H groups in total.